The molecule has 142 valence electrons. The van der Waals surface area contributed by atoms with Crippen molar-refractivity contribution in [3.63, 3.8) is 0 Å². The van der Waals surface area contributed by atoms with Crippen LogP contribution in [0.5, 0.6) is 0 Å². The molecule has 27 heavy (non-hydrogen) atoms. The molecular weight excluding hydrogens is 356 g/mol. The molecule has 1 N–H and O–H groups in total. The Balaban J connectivity index is 1.54. The van der Waals surface area contributed by atoms with Crippen molar-refractivity contribution in [3.05, 3.63) is 47.3 Å². The number of aromatic nitrogens is 3. The highest BCUT2D eigenvalue weighted by Gasteiger charge is 2.34. The van der Waals surface area contributed by atoms with Crippen molar-refractivity contribution in [1.82, 2.24) is 20.3 Å². The molecule has 2 aromatic rings. The van der Waals surface area contributed by atoms with Crippen molar-refractivity contribution in [2.24, 2.45) is 0 Å². The number of ether oxygens (including phenoxy) is 1. The molecule has 1 unspecified atom stereocenters. The van der Waals surface area contributed by atoms with Crippen LogP contribution in [0.4, 0.5) is 19.3 Å². The first-order valence-corrected chi connectivity index (χ1v) is 8.75. The molecule has 0 radical (unpaired) electrons. The van der Waals surface area contributed by atoms with E-state index in [4.69, 9.17) is 4.74 Å². The zero-order chi connectivity index (χ0) is 19.0. The topological polar surface area (TPSA) is 72.3 Å². The normalized spacial score (nSPS) is 20.0. The Morgan fingerprint density at radius 3 is 2.74 bits per heavy atom. The molecule has 0 aliphatic carbocycles. The van der Waals surface area contributed by atoms with Crippen molar-refractivity contribution in [1.29, 1.82) is 0 Å². The predicted octanol–water partition coefficient (Wildman–Crippen LogP) is 2.27. The number of cyclic esters (lactones) is 1. The fourth-order valence-corrected chi connectivity index (χ4v) is 3.39. The summed E-state index contributed by atoms with van der Waals surface area (Å²) in [5.41, 5.74) is 1.51. The van der Waals surface area contributed by atoms with Crippen LogP contribution >= 0.6 is 0 Å². The van der Waals surface area contributed by atoms with Crippen LogP contribution in [-0.4, -0.2) is 46.8 Å². The maximum Gasteiger partial charge on any atom is 0.414 e. The summed E-state index contributed by atoms with van der Waals surface area (Å²) in [6.45, 7) is 3.57. The lowest BCUT2D eigenvalue weighted by Crippen LogP contribution is -2.26. The van der Waals surface area contributed by atoms with E-state index in [1.54, 1.807) is 23.9 Å². The van der Waals surface area contributed by atoms with Gasteiger partial charge in [0.1, 0.15) is 17.7 Å². The van der Waals surface area contributed by atoms with Crippen molar-refractivity contribution >= 4 is 17.4 Å². The van der Waals surface area contributed by atoms with Crippen molar-refractivity contribution in [2.75, 3.05) is 24.5 Å². The third-order valence-electron chi connectivity index (χ3n) is 4.64. The van der Waals surface area contributed by atoms with Crippen LogP contribution < -0.4 is 10.2 Å². The van der Waals surface area contributed by atoms with Gasteiger partial charge < -0.3 is 10.1 Å². The number of nitrogens with one attached hydrogen (secondary N) is 1. The first-order chi connectivity index (χ1) is 13.0. The zero-order valence-electron chi connectivity index (χ0n) is 14.8. The monoisotopic (exact) mass is 375 g/mol. The van der Waals surface area contributed by atoms with E-state index >= 15 is 0 Å². The van der Waals surface area contributed by atoms with Crippen molar-refractivity contribution in [3.8, 4) is 0 Å². The van der Waals surface area contributed by atoms with Gasteiger partial charge in [0.25, 0.3) is 0 Å². The highest BCUT2D eigenvalue weighted by Crippen LogP contribution is 2.31. The summed E-state index contributed by atoms with van der Waals surface area (Å²) in [5.74, 6) is -1.36. The Hall–Kier alpha value is -2.81. The second kappa shape index (κ2) is 7.07. The summed E-state index contributed by atoms with van der Waals surface area (Å²) in [6.07, 6.45) is 2.96. The summed E-state index contributed by atoms with van der Waals surface area (Å²) >= 11 is 0. The fourth-order valence-electron chi connectivity index (χ4n) is 3.39. The van der Waals surface area contributed by atoms with Crippen LogP contribution in [0.3, 0.4) is 0 Å². The van der Waals surface area contributed by atoms with Crippen LogP contribution in [0.2, 0.25) is 0 Å². The Morgan fingerprint density at radius 1 is 1.33 bits per heavy atom. The molecule has 1 fully saturated rings. The zero-order valence-corrected chi connectivity index (χ0v) is 14.8. The van der Waals surface area contributed by atoms with Crippen molar-refractivity contribution in [2.45, 2.75) is 26.0 Å². The van der Waals surface area contributed by atoms with Crippen LogP contribution in [0.1, 0.15) is 17.7 Å². The number of hydrogen-bond acceptors (Lipinski definition) is 5. The Bertz CT molecular complexity index is 888. The first kappa shape index (κ1) is 17.6. The van der Waals surface area contributed by atoms with E-state index in [1.807, 2.05) is 0 Å². The van der Waals surface area contributed by atoms with E-state index in [2.05, 4.69) is 15.6 Å². The number of halogens is 2. The fraction of sp³-hybridized carbons (Fsp3) is 0.389. The summed E-state index contributed by atoms with van der Waals surface area (Å²) in [7, 11) is 0. The van der Waals surface area contributed by atoms with Crippen LogP contribution in [0.25, 0.3) is 5.57 Å². The number of carbonyl (C=O) groups excluding carboxylic acids is 1. The Kier molecular flexibility index (Phi) is 4.61. The number of amides is 1. The van der Waals surface area contributed by atoms with E-state index in [9.17, 15) is 13.6 Å². The van der Waals surface area contributed by atoms with Gasteiger partial charge in [-0.2, -0.15) is 0 Å². The van der Waals surface area contributed by atoms with Gasteiger partial charge in [-0.25, -0.2) is 18.3 Å². The van der Waals surface area contributed by atoms with Gasteiger partial charge in [0, 0.05) is 18.3 Å². The molecule has 9 heteroatoms. The highest BCUT2D eigenvalue weighted by atomic mass is 19.1. The minimum Gasteiger partial charge on any atom is -0.442 e. The predicted molar refractivity (Wildman–Crippen MR) is 94.2 cm³/mol. The Labute approximate surface area is 154 Å². The molecular formula is C18H19F2N5O2. The lowest BCUT2D eigenvalue weighted by Gasteiger charge is -2.18. The number of benzene rings is 1. The lowest BCUT2D eigenvalue weighted by molar-refractivity contribution is 0.129. The van der Waals surface area contributed by atoms with Crippen LogP contribution in [-0.2, 0) is 11.3 Å². The molecule has 3 heterocycles. The third-order valence-corrected chi connectivity index (χ3v) is 4.64. The molecule has 7 nitrogen and oxygen atoms in total. The number of anilines is 1. The smallest absolute Gasteiger partial charge is 0.414 e. The minimum atomic E-state index is -0.679. The standard InChI is InChI=1S/C18H19F2N5O2/c1-11-8-24(23-22-11)9-14-10-25(18(26)27-14)13-6-15(19)17(16(20)7-13)12-2-4-21-5-3-12/h2,6-8,14,21H,3-5,9-10H2,1H3. The van der Waals surface area contributed by atoms with Gasteiger partial charge in [0.15, 0.2) is 0 Å². The maximum atomic E-state index is 14.6. The molecule has 1 atom stereocenters. The van der Waals surface area contributed by atoms with Gasteiger partial charge in [-0.05, 0) is 37.6 Å². The molecule has 0 saturated carbocycles. The number of rotatable bonds is 4. The quantitative estimate of drug-likeness (QED) is 0.888. The molecule has 0 bridgehead atoms. The number of aryl methyl sites for hydroxylation is 1. The van der Waals surface area contributed by atoms with E-state index < -0.39 is 23.8 Å². The largest absolute Gasteiger partial charge is 0.442 e. The lowest BCUT2D eigenvalue weighted by atomic mass is 9.98. The molecule has 4 rings (SSSR count). The average Bonchev–Trinajstić information content (AvgIpc) is 3.20. The van der Waals surface area contributed by atoms with Crippen LogP contribution in [0.15, 0.2) is 24.4 Å². The van der Waals surface area contributed by atoms with E-state index in [0.29, 0.717) is 31.6 Å². The van der Waals surface area contributed by atoms with Crippen molar-refractivity contribution < 1.29 is 18.3 Å². The highest BCUT2D eigenvalue weighted by molar-refractivity contribution is 5.90. The van der Waals surface area contributed by atoms with Gasteiger partial charge in [0.2, 0.25) is 0 Å². The van der Waals surface area contributed by atoms with Gasteiger partial charge in [-0.15, -0.1) is 5.10 Å². The number of hydrogen-bond donors (Lipinski definition) is 1. The SMILES string of the molecule is Cc1cn(CC2CN(c3cc(F)c(C4=CCNCC4)c(F)c3)C(=O)O2)nn1. The van der Waals surface area contributed by atoms with E-state index in [-0.39, 0.29) is 17.8 Å². The molecule has 1 saturated heterocycles. The van der Waals surface area contributed by atoms with E-state index in [0.717, 1.165) is 5.69 Å². The van der Waals surface area contributed by atoms with Gasteiger partial charge in [-0.1, -0.05) is 11.3 Å². The van der Waals surface area contributed by atoms with E-state index in [1.165, 1.54) is 17.0 Å². The molecule has 2 aliphatic rings. The second-order valence-corrected chi connectivity index (χ2v) is 6.67. The Morgan fingerprint density at radius 2 is 2.11 bits per heavy atom. The molecule has 1 aromatic heterocycles. The first-order valence-electron chi connectivity index (χ1n) is 8.75. The number of carbonyl (C=O) groups is 1. The van der Waals surface area contributed by atoms with Gasteiger partial charge >= 0.3 is 6.09 Å². The average molecular weight is 375 g/mol. The van der Waals surface area contributed by atoms with Gasteiger partial charge in [-0.3, -0.25) is 4.90 Å². The summed E-state index contributed by atoms with van der Waals surface area (Å²) in [5, 5.41) is 10.9. The minimum absolute atomic E-state index is 0.0255. The number of nitrogens with zero attached hydrogens (tertiary/aromatic N) is 4. The van der Waals surface area contributed by atoms with Crippen LogP contribution in [0, 0.1) is 18.6 Å². The molecule has 0 spiro atoms. The van der Waals surface area contributed by atoms with Gasteiger partial charge in [0.05, 0.1) is 24.5 Å². The molecule has 2 aliphatic heterocycles. The second-order valence-electron chi connectivity index (χ2n) is 6.67. The third kappa shape index (κ3) is 3.55. The summed E-state index contributed by atoms with van der Waals surface area (Å²) in [4.78, 5) is 13.4. The summed E-state index contributed by atoms with van der Waals surface area (Å²) < 4.78 is 36.1. The summed E-state index contributed by atoms with van der Waals surface area (Å²) in [6, 6.07) is 2.37. The molecule has 1 amide bonds. The maximum absolute atomic E-state index is 14.6. The molecule has 1 aromatic carbocycles.